The Balaban J connectivity index is 1.72. The number of primary amides is 1. The molecule has 3 N–H and O–H groups in total. The molecule has 0 saturated heterocycles. The SMILES string of the molecule is Cn1cc(-c2n[nH]c(=O)n2-c2cn(CCCC(N)=O)c3ccc(Cl)cc23)c2cc(Cl)ccc21. The number of hydrogen-bond donors (Lipinski definition) is 2. The maximum absolute atomic E-state index is 13.0. The normalized spacial score (nSPS) is 11.6. The van der Waals surface area contributed by atoms with Crippen molar-refractivity contribution in [2.75, 3.05) is 0 Å². The summed E-state index contributed by atoms with van der Waals surface area (Å²) < 4.78 is 5.50. The van der Waals surface area contributed by atoms with Crippen LogP contribution in [0.25, 0.3) is 38.9 Å². The Hall–Kier alpha value is -3.49. The van der Waals surface area contributed by atoms with E-state index in [0.717, 1.165) is 27.4 Å². The van der Waals surface area contributed by atoms with Gasteiger partial charge >= 0.3 is 5.69 Å². The van der Waals surface area contributed by atoms with Gasteiger partial charge in [-0.15, -0.1) is 0 Å². The molecule has 0 aliphatic heterocycles. The number of fused-ring (bicyclic) bond motifs is 2. The molecule has 5 rings (SSSR count). The third-order valence-corrected chi connectivity index (χ3v) is 6.22. The summed E-state index contributed by atoms with van der Waals surface area (Å²) in [6, 6.07) is 11.1. The number of hydrogen-bond acceptors (Lipinski definition) is 3. The van der Waals surface area contributed by atoms with Crippen LogP contribution in [0.5, 0.6) is 0 Å². The molecule has 8 nitrogen and oxygen atoms in total. The molecule has 0 aliphatic carbocycles. The first-order valence-electron chi connectivity index (χ1n) is 10.3. The third kappa shape index (κ3) is 3.71. The van der Waals surface area contributed by atoms with Gasteiger partial charge in [0.25, 0.3) is 0 Å². The smallest absolute Gasteiger partial charge is 0.348 e. The van der Waals surface area contributed by atoms with Crippen molar-refractivity contribution in [3.63, 3.8) is 0 Å². The number of aromatic nitrogens is 5. The summed E-state index contributed by atoms with van der Waals surface area (Å²) in [7, 11) is 1.93. The number of amides is 1. The number of nitrogens with two attached hydrogens (primary N) is 1. The first kappa shape index (κ1) is 21.4. The van der Waals surface area contributed by atoms with Gasteiger partial charge < -0.3 is 14.9 Å². The Morgan fingerprint density at radius 1 is 1.06 bits per heavy atom. The maximum Gasteiger partial charge on any atom is 0.348 e. The van der Waals surface area contributed by atoms with E-state index in [-0.39, 0.29) is 18.0 Å². The second-order valence-corrected chi connectivity index (χ2v) is 8.81. The van der Waals surface area contributed by atoms with Crippen LogP contribution in [-0.4, -0.2) is 29.8 Å². The quantitative estimate of drug-likeness (QED) is 0.378. The zero-order chi connectivity index (χ0) is 23.3. The number of benzene rings is 2. The fraction of sp³-hybridized carbons (Fsp3) is 0.174. The van der Waals surface area contributed by atoms with Gasteiger partial charge in [-0.1, -0.05) is 23.2 Å². The predicted octanol–water partition coefficient (Wildman–Crippen LogP) is 4.25. The highest BCUT2D eigenvalue weighted by atomic mass is 35.5. The first-order valence-corrected chi connectivity index (χ1v) is 11.1. The third-order valence-electron chi connectivity index (χ3n) is 5.75. The van der Waals surface area contributed by atoms with Gasteiger partial charge in [0, 0.05) is 64.3 Å². The van der Waals surface area contributed by atoms with Gasteiger partial charge in [-0.25, -0.2) is 14.5 Å². The largest absolute Gasteiger partial charge is 0.370 e. The van der Waals surface area contributed by atoms with Crippen LogP contribution in [0.4, 0.5) is 0 Å². The topological polar surface area (TPSA) is 104 Å². The number of nitrogens with one attached hydrogen (secondary N) is 1. The molecular weight excluding hydrogens is 463 g/mol. The second kappa shape index (κ2) is 8.13. The van der Waals surface area contributed by atoms with Crippen LogP contribution >= 0.6 is 23.2 Å². The zero-order valence-electron chi connectivity index (χ0n) is 17.7. The molecule has 168 valence electrons. The van der Waals surface area contributed by atoms with Crippen molar-refractivity contribution >= 4 is 50.9 Å². The van der Waals surface area contributed by atoms with E-state index in [1.165, 1.54) is 0 Å². The summed E-state index contributed by atoms with van der Waals surface area (Å²) in [5.41, 5.74) is 8.18. The molecule has 2 aromatic carbocycles. The molecule has 33 heavy (non-hydrogen) atoms. The highest BCUT2D eigenvalue weighted by Crippen LogP contribution is 2.34. The summed E-state index contributed by atoms with van der Waals surface area (Å²) in [4.78, 5) is 24.2. The molecule has 10 heteroatoms. The fourth-order valence-electron chi connectivity index (χ4n) is 4.28. The van der Waals surface area contributed by atoms with E-state index >= 15 is 0 Å². The Kier molecular flexibility index (Phi) is 5.26. The van der Waals surface area contributed by atoms with E-state index in [2.05, 4.69) is 10.2 Å². The molecule has 0 spiro atoms. The van der Waals surface area contributed by atoms with Crippen molar-refractivity contribution < 1.29 is 4.79 Å². The highest BCUT2D eigenvalue weighted by Gasteiger charge is 2.21. The minimum Gasteiger partial charge on any atom is -0.370 e. The van der Waals surface area contributed by atoms with E-state index in [1.54, 1.807) is 10.6 Å². The van der Waals surface area contributed by atoms with Gasteiger partial charge in [-0.2, -0.15) is 5.10 Å². The monoisotopic (exact) mass is 482 g/mol. The van der Waals surface area contributed by atoms with Crippen molar-refractivity contribution in [1.82, 2.24) is 23.9 Å². The van der Waals surface area contributed by atoms with E-state index in [4.69, 9.17) is 28.9 Å². The molecule has 3 aromatic heterocycles. The van der Waals surface area contributed by atoms with Crippen LogP contribution in [0.3, 0.4) is 0 Å². The summed E-state index contributed by atoms with van der Waals surface area (Å²) in [5.74, 6) is 0.113. The summed E-state index contributed by atoms with van der Waals surface area (Å²) in [5, 5.41) is 9.75. The minimum atomic E-state index is -0.375. The van der Waals surface area contributed by atoms with E-state index < -0.39 is 0 Å². The number of carbonyl (C=O) groups excluding carboxylic acids is 1. The van der Waals surface area contributed by atoms with Crippen molar-refractivity contribution in [2.45, 2.75) is 19.4 Å². The Labute approximate surface area is 198 Å². The summed E-state index contributed by atoms with van der Waals surface area (Å²) >= 11 is 12.6. The lowest BCUT2D eigenvalue weighted by molar-refractivity contribution is -0.118. The Morgan fingerprint density at radius 2 is 1.76 bits per heavy atom. The predicted molar refractivity (Wildman–Crippen MR) is 130 cm³/mol. The average Bonchev–Trinajstić information content (AvgIpc) is 3.41. The molecule has 0 aliphatic rings. The molecular formula is C23H20Cl2N6O2. The molecule has 0 saturated carbocycles. The Morgan fingerprint density at radius 3 is 2.48 bits per heavy atom. The number of rotatable bonds is 6. The Bertz CT molecular complexity index is 1590. The van der Waals surface area contributed by atoms with Crippen LogP contribution in [0, 0.1) is 0 Å². The van der Waals surface area contributed by atoms with Crippen molar-refractivity contribution in [3.8, 4) is 17.1 Å². The number of carbonyl (C=O) groups is 1. The standard InChI is InChI=1S/C23H20Cl2N6O2/c1-29-11-17(15-9-13(24)4-6-18(15)29)22-27-28-23(33)31(22)20-12-30(8-2-3-21(26)32)19-7-5-14(25)10-16(19)20/h4-7,9-12H,2-3,8H2,1H3,(H2,26,32)(H,28,33). The molecule has 0 fully saturated rings. The van der Waals surface area contributed by atoms with Crippen LogP contribution < -0.4 is 11.4 Å². The summed E-state index contributed by atoms with van der Waals surface area (Å²) in [6.45, 7) is 0.562. The van der Waals surface area contributed by atoms with E-state index in [0.29, 0.717) is 34.5 Å². The lowest BCUT2D eigenvalue weighted by Crippen LogP contribution is -2.15. The number of aryl methyl sites for hydroxylation is 2. The fourth-order valence-corrected chi connectivity index (χ4v) is 4.63. The molecule has 0 unspecified atom stereocenters. The van der Waals surface area contributed by atoms with Gasteiger partial charge in [0.1, 0.15) is 0 Å². The number of nitrogens with zero attached hydrogens (tertiary/aromatic N) is 4. The number of H-pyrrole nitrogens is 1. The van der Waals surface area contributed by atoms with Crippen molar-refractivity contribution in [2.24, 2.45) is 12.8 Å². The van der Waals surface area contributed by atoms with Gasteiger partial charge in [-0.3, -0.25) is 4.79 Å². The second-order valence-electron chi connectivity index (χ2n) is 7.94. The average molecular weight is 483 g/mol. The van der Waals surface area contributed by atoms with Crippen LogP contribution in [-0.2, 0) is 18.4 Å². The number of aromatic amines is 1. The van der Waals surface area contributed by atoms with E-state index in [1.807, 2.05) is 58.9 Å². The van der Waals surface area contributed by atoms with Crippen LogP contribution in [0.2, 0.25) is 10.0 Å². The molecule has 3 heterocycles. The molecule has 1 amide bonds. The van der Waals surface area contributed by atoms with Crippen LogP contribution in [0.1, 0.15) is 12.8 Å². The highest BCUT2D eigenvalue weighted by molar-refractivity contribution is 6.31. The first-order chi connectivity index (χ1) is 15.8. The molecule has 0 bridgehead atoms. The number of halogens is 2. The lowest BCUT2D eigenvalue weighted by Gasteiger charge is -2.04. The van der Waals surface area contributed by atoms with Gasteiger partial charge in [-0.05, 0) is 42.8 Å². The van der Waals surface area contributed by atoms with Crippen molar-refractivity contribution in [1.29, 1.82) is 0 Å². The van der Waals surface area contributed by atoms with Crippen molar-refractivity contribution in [3.05, 3.63) is 69.3 Å². The molecule has 5 aromatic rings. The lowest BCUT2D eigenvalue weighted by atomic mass is 10.1. The van der Waals surface area contributed by atoms with Gasteiger partial charge in [0.15, 0.2) is 5.82 Å². The zero-order valence-corrected chi connectivity index (χ0v) is 19.2. The van der Waals surface area contributed by atoms with E-state index in [9.17, 15) is 9.59 Å². The minimum absolute atomic E-state index is 0.274. The maximum atomic E-state index is 13.0. The molecule has 0 atom stereocenters. The van der Waals surface area contributed by atoms with Gasteiger partial charge in [0.05, 0.1) is 11.2 Å². The van der Waals surface area contributed by atoms with Crippen LogP contribution in [0.15, 0.2) is 53.6 Å². The summed E-state index contributed by atoms with van der Waals surface area (Å²) in [6.07, 6.45) is 4.65. The van der Waals surface area contributed by atoms with Gasteiger partial charge in [0.2, 0.25) is 5.91 Å². The molecule has 0 radical (unpaired) electrons.